The summed E-state index contributed by atoms with van der Waals surface area (Å²) in [6.45, 7) is 2.93. The Balaban J connectivity index is 1.26. The van der Waals surface area contributed by atoms with Crippen LogP contribution in [0.2, 0.25) is 5.02 Å². The molecule has 3 aromatic rings. The molecule has 2 aromatic carbocycles. The molecule has 0 bridgehead atoms. The molecule has 222 valence electrons. The van der Waals surface area contributed by atoms with E-state index in [1.54, 1.807) is 24.3 Å². The summed E-state index contributed by atoms with van der Waals surface area (Å²) >= 11 is 5.81. The number of amides is 4. The molecule has 42 heavy (non-hydrogen) atoms. The summed E-state index contributed by atoms with van der Waals surface area (Å²) in [6.07, 6.45) is 1.51. The van der Waals surface area contributed by atoms with E-state index in [-0.39, 0.29) is 60.3 Å². The molecular formula is C28H32ClFN8O4. The van der Waals surface area contributed by atoms with Crippen molar-refractivity contribution in [1.82, 2.24) is 30.2 Å². The van der Waals surface area contributed by atoms with Crippen LogP contribution in [0.1, 0.15) is 28.9 Å². The molecule has 12 nitrogen and oxygen atoms in total. The van der Waals surface area contributed by atoms with Gasteiger partial charge < -0.3 is 26.6 Å². The van der Waals surface area contributed by atoms with Crippen LogP contribution in [0.25, 0.3) is 10.9 Å². The first-order chi connectivity index (χ1) is 20.2. The van der Waals surface area contributed by atoms with Crippen molar-refractivity contribution in [1.29, 1.82) is 0 Å². The van der Waals surface area contributed by atoms with Crippen molar-refractivity contribution < 1.29 is 23.6 Å². The van der Waals surface area contributed by atoms with Gasteiger partial charge in [0.25, 0.3) is 5.91 Å². The molecule has 0 spiro atoms. The van der Waals surface area contributed by atoms with E-state index in [1.807, 2.05) is 4.90 Å². The molecule has 5 rings (SSSR count). The Kier molecular flexibility index (Phi) is 9.00. The largest absolute Gasteiger partial charge is 0.364 e. The lowest BCUT2D eigenvalue weighted by atomic mass is 10.1. The third-order valence-corrected chi connectivity index (χ3v) is 7.55. The first-order valence-electron chi connectivity index (χ1n) is 13.7. The lowest BCUT2D eigenvalue weighted by molar-refractivity contribution is -0.137. The van der Waals surface area contributed by atoms with Crippen LogP contribution in [-0.4, -0.2) is 88.5 Å². The first kappa shape index (κ1) is 29.4. The lowest BCUT2D eigenvalue weighted by Crippen LogP contribution is -2.46. The van der Waals surface area contributed by atoms with E-state index in [0.717, 1.165) is 39.0 Å². The van der Waals surface area contributed by atoms with Crippen molar-refractivity contribution in [3.63, 3.8) is 0 Å². The number of nitrogens with one attached hydrogen (secondary N) is 3. The maximum absolute atomic E-state index is 14.2. The number of carbonyl (C=O) groups excluding carboxylic acids is 4. The predicted molar refractivity (Wildman–Crippen MR) is 154 cm³/mol. The summed E-state index contributed by atoms with van der Waals surface area (Å²) in [5.41, 5.74) is 6.75. The highest BCUT2D eigenvalue weighted by Gasteiger charge is 2.34. The minimum Gasteiger partial charge on any atom is -0.364 e. The van der Waals surface area contributed by atoms with Gasteiger partial charge in [-0.05, 0) is 37.1 Å². The highest BCUT2D eigenvalue weighted by atomic mass is 35.5. The molecular weight excluding hydrogens is 567 g/mol. The molecule has 14 heteroatoms. The van der Waals surface area contributed by atoms with E-state index in [4.69, 9.17) is 17.3 Å². The van der Waals surface area contributed by atoms with Crippen molar-refractivity contribution in [2.45, 2.75) is 32.0 Å². The number of hydrogen-bond acceptors (Lipinski definition) is 7. The Morgan fingerprint density at radius 1 is 1.10 bits per heavy atom. The van der Waals surface area contributed by atoms with Gasteiger partial charge in [0.2, 0.25) is 17.7 Å². The number of hydrogen-bond donors (Lipinski definition) is 4. The van der Waals surface area contributed by atoms with Gasteiger partial charge in [-0.1, -0.05) is 23.7 Å². The Labute approximate surface area is 246 Å². The van der Waals surface area contributed by atoms with Gasteiger partial charge in [0, 0.05) is 55.4 Å². The van der Waals surface area contributed by atoms with E-state index < -0.39 is 17.6 Å². The summed E-state index contributed by atoms with van der Waals surface area (Å²) in [5.74, 6) is -2.37. The summed E-state index contributed by atoms with van der Waals surface area (Å²) in [4.78, 5) is 54.3. The third-order valence-electron chi connectivity index (χ3n) is 7.26. The average molecular weight is 599 g/mol. The van der Waals surface area contributed by atoms with E-state index in [9.17, 15) is 23.6 Å². The number of fused-ring (bicyclic) bond motifs is 1. The van der Waals surface area contributed by atoms with Gasteiger partial charge in [-0.25, -0.2) is 4.39 Å². The molecule has 1 aliphatic heterocycles. The average Bonchev–Trinajstić information content (AvgIpc) is 3.74. The Morgan fingerprint density at radius 3 is 2.57 bits per heavy atom. The van der Waals surface area contributed by atoms with Crippen molar-refractivity contribution in [2.24, 2.45) is 5.73 Å². The van der Waals surface area contributed by atoms with Crippen molar-refractivity contribution in [3.05, 3.63) is 58.5 Å². The zero-order valence-electron chi connectivity index (χ0n) is 22.9. The van der Waals surface area contributed by atoms with Gasteiger partial charge in [0.05, 0.1) is 23.6 Å². The van der Waals surface area contributed by atoms with Crippen LogP contribution in [0.4, 0.5) is 10.1 Å². The maximum atomic E-state index is 14.2. The molecule has 2 fully saturated rings. The maximum Gasteiger partial charge on any atom is 0.269 e. The zero-order valence-corrected chi connectivity index (χ0v) is 23.6. The SMILES string of the molecule is NC(=O)c1nn(CC(=O)N(CC(=O)NCc2cccc(Cl)c2F)C2CC2)c2ccc(NC(=O)CN3CCNCC3)cc12. The van der Waals surface area contributed by atoms with Crippen LogP contribution >= 0.6 is 11.6 Å². The van der Waals surface area contributed by atoms with Crippen LogP contribution in [0, 0.1) is 5.82 Å². The quantitative estimate of drug-likeness (QED) is 0.257. The minimum atomic E-state index is -0.776. The first-order valence-corrected chi connectivity index (χ1v) is 14.1. The molecule has 1 saturated carbocycles. The fourth-order valence-electron chi connectivity index (χ4n) is 4.95. The number of nitrogens with zero attached hydrogens (tertiary/aromatic N) is 4. The number of carbonyl (C=O) groups is 4. The molecule has 0 unspecified atom stereocenters. The van der Waals surface area contributed by atoms with Gasteiger partial charge in [-0.15, -0.1) is 0 Å². The zero-order chi connectivity index (χ0) is 29.8. The molecule has 5 N–H and O–H groups in total. The molecule has 1 saturated heterocycles. The lowest BCUT2D eigenvalue weighted by Gasteiger charge is -2.26. The molecule has 0 radical (unpaired) electrons. The Hall–Kier alpha value is -4.07. The van der Waals surface area contributed by atoms with E-state index >= 15 is 0 Å². The summed E-state index contributed by atoms with van der Waals surface area (Å²) in [7, 11) is 0. The topological polar surface area (TPSA) is 155 Å². The molecule has 0 atom stereocenters. The number of piperazine rings is 1. The fraction of sp³-hybridized carbons (Fsp3) is 0.393. The van der Waals surface area contributed by atoms with E-state index in [2.05, 4.69) is 21.0 Å². The van der Waals surface area contributed by atoms with Gasteiger partial charge in [0.1, 0.15) is 12.4 Å². The van der Waals surface area contributed by atoms with Crippen LogP contribution in [0.5, 0.6) is 0 Å². The van der Waals surface area contributed by atoms with E-state index in [0.29, 0.717) is 16.6 Å². The smallest absolute Gasteiger partial charge is 0.269 e. The van der Waals surface area contributed by atoms with Crippen LogP contribution in [-0.2, 0) is 27.5 Å². The molecule has 2 heterocycles. The van der Waals surface area contributed by atoms with E-state index in [1.165, 1.54) is 21.7 Å². The Morgan fingerprint density at radius 2 is 1.86 bits per heavy atom. The van der Waals surface area contributed by atoms with Gasteiger partial charge >= 0.3 is 0 Å². The number of aromatic nitrogens is 2. The van der Waals surface area contributed by atoms with Crippen LogP contribution < -0.4 is 21.7 Å². The van der Waals surface area contributed by atoms with Gasteiger partial charge in [-0.3, -0.25) is 28.8 Å². The minimum absolute atomic E-state index is 0.0322. The summed E-state index contributed by atoms with van der Waals surface area (Å²) in [5, 5.41) is 13.4. The molecule has 2 aliphatic rings. The third kappa shape index (κ3) is 7.04. The number of nitrogens with two attached hydrogens (primary N) is 1. The Bertz CT molecular complexity index is 1520. The molecule has 1 aliphatic carbocycles. The predicted octanol–water partition coefficient (Wildman–Crippen LogP) is 1.08. The van der Waals surface area contributed by atoms with Crippen molar-refractivity contribution in [2.75, 3.05) is 44.6 Å². The van der Waals surface area contributed by atoms with Crippen molar-refractivity contribution >= 4 is 51.8 Å². The molecule has 1 aromatic heterocycles. The monoisotopic (exact) mass is 598 g/mol. The number of anilines is 1. The number of primary amides is 1. The normalized spacial score (nSPS) is 15.4. The number of rotatable bonds is 11. The molecule has 4 amide bonds. The highest BCUT2D eigenvalue weighted by Crippen LogP contribution is 2.28. The summed E-state index contributed by atoms with van der Waals surface area (Å²) in [6, 6.07) is 9.38. The number of benzene rings is 2. The number of halogens is 2. The van der Waals surface area contributed by atoms with Gasteiger partial charge in [-0.2, -0.15) is 5.10 Å². The standard InChI is InChI=1S/C28H32ClFN8O4/c29-21-3-1-2-17(26(21)30)13-33-23(39)15-37(19-5-6-19)25(41)16-38-22-7-4-18(12-20(22)27(35-38)28(31)42)34-24(40)14-36-10-8-32-9-11-36/h1-4,7,12,19,32H,5-6,8-11,13-16H2,(H2,31,42)(H,33,39)(H,34,40). The summed E-state index contributed by atoms with van der Waals surface area (Å²) < 4.78 is 15.6. The van der Waals surface area contributed by atoms with Gasteiger partial charge in [0.15, 0.2) is 5.69 Å². The fourth-order valence-corrected chi connectivity index (χ4v) is 5.14. The van der Waals surface area contributed by atoms with Crippen LogP contribution in [0.3, 0.4) is 0 Å². The van der Waals surface area contributed by atoms with Crippen molar-refractivity contribution in [3.8, 4) is 0 Å². The highest BCUT2D eigenvalue weighted by molar-refractivity contribution is 6.30. The second-order valence-corrected chi connectivity index (χ2v) is 10.8. The second-order valence-electron chi connectivity index (χ2n) is 10.4. The van der Waals surface area contributed by atoms with Crippen LogP contribution in [0.15, 0.2) is 36.4 Å². The second kappa shape index (κ2) is 12.8.